The third kappa shape index (κ3) is 10.7. The second-order valence-electron chi connectivity index (χ2n) is 14.4. The summed E-state index contributed by atoms with van der Waals surface area (Å²) in [5.74, 6) is -3.80. The number of urea groups is 1. The Hall–Kier alpha value is -6.16. The second kappa shape index (κ2) is 19.7. The van der Waals surface area contributed by atoms with E-state index in [1.807, 2.05) is 0 Å². The summed E-state index contributed by atoms with van der Waals surface area (Å²) in [6.07, 6.45) is 0.673. The average Bonchev–Trinajstić information content (AvgIpc) is 3.58. The minimum atomic E-state index is -1.57. The maximum Gasteiger partial charge on any atom is 0.331 e. The molecule has 2 aliphatic rings. The molecule has 322 valence electrons. The van der Waals surface area contributed by atoms with Crippen molar-refractivity contribution < 1.29 is 49.1 Å². The van der Waals surface area contributed by atoms with Gasteiger partial charge in [-0.05, 0) is 61.1 Å². The molecule has 1 saturated heterocycles. The first-order valence-electron chi connectivity index (χ1n) is 18.8. The lowest BCUT2D eigenvalue weighted by atomic mass is 9.94. The SMILES string of the molecule is CSCC[C@H](NC(=O)NC(Cc1cccc(O)c1)C(=O)O)C(=O)N(/C=C1\CC(O)C(n2ccc(=O)[nH]c2=O)O1)C(=O)C(N)C(C)N(C)C(=O)C1Cc2cccc(O)c2CN1. The van der Waals surface area contributed by atoms with Crippen molar-refractivity contribution in [3.63, 3.8) is 0 Å². The van der Waals surface area contributed by atoms with Gasteiger partial charge in [0.25, 0.3) is 17.4 Å². The van der Waals surface area contributed by atoms with Crippen LogP contribution >= 0.6 is 11.8 Å². The number of carbonyl (C=O) groups excluding carboxylic acids is 4. The van der Waals surface area contributed by atoms with Crippen LogP contribution in [0.2, 0.25) is 0 Å². The van der Waals surface area contributed by atoms with Crippen LogP contribution in [0, 0.1) is 0 Å². The second-order valence-corrected chi connectivity index (χ2v) is 15.4. The lowest BCUT2D eigenvalue weighted by Crippen LogP contribution is -2.60. The lowest BCUT2D eigenvalue weighted by molar-refractivity contribution is -0.145. The number of ether oxygens (including phenoxy) is 1. The van der Waals surface area contributed by atoms with Gasteiger partial charge in [-0.15, -0.1) is 0 Å². The van der Waals surface area contributed by atoms with E-state index in [0.717, 1.165) is 28.6 Å². The summed E-state index contributed by atoms with van der Waals surface area (Å²) in [6.45, 7) is 1.71. The van der Waals surface area contributed by atoms with E-state index >= 15 is 0 Å². The molecule has 1 aromatic heterocycles. The number of hydrogen-bond acceptors (Lipinski definition) is 14. The topological polar surface area (TPSA) is 299 Å². The highest BCUT2D eigenvalue weighted by molar-refractivity contribution is 7.98. The minimum Gasteiger partial charge on any atom is -0.508 e. The molecule has 1 fully saturated rings. The van der Waals surface area contributed by atoms with Gasteiger partial charge in [0.1, 0.15) is 41.5 Å². The van der Waals surface area contributed by atoms with E-state index in [2.05, 4.69) is 20.9 Å². The van der Waals surface area contributed by atoms with Crippen molar-refractivity contribution in [3.8, 4) is 11.5 Å². The number of fused-ring (bicyclic) bond motifs is 1. The number of aromatic amines is 1. The summed E-state index contributed by atoms with van der Waals surface area (Å²) in [6, 6.07) is 4.46. The van der Waals surface area contributed by atoms with Crippen molar-refractivity contribution in [2.24, 2.45) is 5.73 Å². The number of nitrogens with zero attached hydrogens (tertiary/aromatic N) is 3. The van der Waals surface area contributed by atoms with E-state index in [4.69, 9.17) is 10.5 Å². The van der Waals surface area contributed by atoms with Crippen LogP contribution in [0.3, 0.4) is 0 Å². The smallest absolute Gasteiger partial charge is 0.331 e. The zero-order chi connectivity index (χ0) is 43.8. The molecule has 10 N–H and O–H groups in total. The Morgan fingerprint density at radius 3 is 2.45 bits per heavy atom. The number of phenolic OH excluding ortho intramolecular Hbond substituents is 2. The van der Waals surface area contributed by atoms with Crippen molar-refractivity contribution in [2.75, 3.05) is 19.1 Å². The maximum absolute atomic E-state index is 14.5. The van der Waals surface area contributed by atoms with E-state index in [1.165, 1.54) is 48.8 Å². The number of carboxylic acids is 1. The van der Waals surface area contributed by atoms with Crippen molar-refractivity contribution in [2.45, 2.75) is 81.7 Å². The number of carboxylic acid groups (broad SMARTS) is 1. The minimum absolute atomic E-state index is 0.0584. The number of aromatic hydroxyl groups is 2. The van der Waals surface area contributed by atoms with Crippen LogP contribution < -0.4 is 32.9 Å². The van der Waals surface area contributed by atoms with E-state index in [9.17, 15) is 54.0 Å². The molecule has 0 spiro atoms. The first kappa shape index (κ1) is 44.9. The number of carbonyl (C=O) groups is 5. The van der Waals surface area contributed by atoms with Gasteiger partial charge in [-0.2, -0.15) is 11.8 Å². The number of nitrogens with two attached hydrogens (primary N) is 1. The van der Waals surface area contributed by atoms with Crippen LogP contribution in [-0.2, 0) is 43.3 Å². The fraction of sp³-hybridized carbons (Fsp3) is 0.410. The van der Waals surface area contributed by atoms with Crippen LogP contribution in [0.1, 0.15) is 42.7 Å². The van der Waals surface area contributed by atoms with E-state index in [-0.39, 0.29) is 55.2 Å². The zero-order valence-electron chi connectivity index (χ0n) is 32.9. The highest BCUT2D eigenvalue weighted by atomic mass is 32.2. The molecule has 3 heterocycles. The number of rotatable bonds is 15. The van der Waals surface area contributed by atoms with Crippen LogP contribution in [0.25, 0.3) is 0 Å². The molecule has 2 aromatic carbocycles. The van der Waals surface area contributed by atoms with Crippen molar-refractivity contribution >= 4 is 41.5 Å². The maximum atomic E-state index is 14.5. The van der Waals surface area contributed by atoms with Gasteiger partial charge in [0.15, 0.2) is 0 Å². The van der Waals surface area contributed by atoms with Gasteiger partial charge in [0.2, 0.25) is 12.1 Å². The summed E-state index contributed by atoms with van der Waals surface area (Å²) in [5, 5.41) is 48.7. The Balaban J connectivity index is 1.41. The number of thioether (sulfide) groups is 1. The highest BCUT2D eigenvalue weighted by Crippen LogP contribution is 2.31. The lowest BCUT2D eigenvalue weighted by Gasteiger charge is -2.35. The molecule has 0 saturated carbocycles. The quantitative estimate of drug-likeness (QED) is 0.0925. The molecule has 5 amide bonds. The number of amides is 5. The van der Waals surface area contributed by atoms with Crippen LogP contribution in [-0.4, -0.2) is 125 Å². The fourth-order valence-corrected chi connectivity index (χ4v) is 7.29. The number of phenols is 2. The number of hydrogen-bond donors (Lipinski definition) is 9. The van der Waals surface area contributed by atoms with Crippen LogP contribution in [0.15, 0.2) is 76.3 Å². The van der Waals surface area contributed by atoms with Crippen molar-refractivity contribution in [1.82, 2.24) is 35.3 Å². The molecule has 7 atom stereocenters. The molecule has 3 aromatic rings. The first-order valence-corrected chi connectivity index (χ1v) is 20.2. The number of aliphatic hydroxyl groups excluding tert-OH is 1. The van der Waals surface area contributed by atoms with Crippen molar-refractivity contribution in [3.05, 3.63) is 104 Å². The molecule has 0 radical (unpaired) electrons. The molecule has 60 heavy (non-hydrogen) atoms. The number of likely N-dealkylation sites (N-methyl/N-ethyl adjacent to an activating group) is 1. The Bertz CT molecular complexity index is 2250. The Kier molecular flexibility index (Phi) is 14.8. The normalized spacial score (nSPS) is 19.8. The zero-order valence-corrected chi connectivity index (χ0v) is 33.8. The summed E-state index contributed by atoms with van der Waals surface area (Å²) in [4.78, 5) is 96.3. The van der Waals surface area contributed by atoms with Crippen LogP contribution in [0.4, 0.5) is 4.79 Å². The number of aromatic nitrogens is 2. The van der Waals surface area contributed by atoms with Gasteiger partial charge in [0, 0.05) is 44.3 Å². The summed E-state index contributed by atoms with van der Waals surface area (Å²) >= 11 is 1.31. The summed E-state index contributed by atoms with van der Waals surface area (Å²) in [7, 11) is 1.44. The van der Waals surface area contributed by atoms with E-state index in [1.54, 1.807) is 30.5 Å². The van der Waals surface area contributed by atoms with Crippen LogP contribution in [0.5, 0.6) is 11.5 Å². The molecule has 0 bridgehead atoms. The standard InChI is InChI=1S/C39H48N8O12S/c1-20(45(2)33(52)27-16-22-7-5-9-29(49)25(22)18-41-27)32(40)35(54)47(19-24-17-30(50)36(59-24)46-12-10-31(51)44-39(46)58)34(53)26(11-13-60-3)42-38(57)43-28(37(55)56)15-21-6-4-8-23(48)14-21/h4-10,12,14,19-20,26-28,30,32,36,41,48-50H,11,13,15-18,40H2,1-3H3,(H,55,56)(H2,42,43,57)(H,44,51,58)/b24-19+/t20?,26-,27?,28?,30?,32?,36?/m0/s1. The number of H-pyrrole nitrogens is 1. The molecule has 21 heteroatoms. The Labute approximate surface area is 347 Å². The molecule has 2 aliphatic heterocycles. The van der Waals surface area contributed by atoms with E-state index < -0.39 is 83.5 Å². The van der Waals surface area contributed by atoms with Gasteiger partial charge in [-0.25, -0.2) is 14.4 Å². The predicted molar refractivity (Wildman–Crippen MR) is 216 cm³/mol. The molecule has 0 aliphatic carbocycles. The van der Waals surface area contributed by atoms with Gasteiger partial charge < -0.3 is 51.7 Å². The number of nitrogens with one attached hydrogen (secondary N) is 4. The number of aliphatic carboxylic acids is 1. The summed E-state index contributed by atoms with van der Waals surface area (Å²) in [5.41, 5.74) is 6.75. The third-order valence-corrected chi connectivity index (χ3v) is 11.0. The Morgan fingerprint density at radius 2 is 1.77 bits per heavy atom. The molecular formula is C39H48N8O12S. The predicted octanol–water partition coefficient (Wildman–Crippen LogP) is -0.570. The van der Waals surface area contributed by atoms with Crippen molar-refractivity contribution in [1.29, 1.82) is 0 Å². The highest BCUT2D eigenvalue weighted by Gasteiger charge is 2.40. The van der Waals surface area contributed by atoms with Gasteiger partial charge in [0.05, 0.1) is 18.3 Å². The number of imide groups is 1. The molecule has 5 rings (SSSR count). The first-order chi connectivity index (χ1) is 28.5. The number of benzene rings is 2. The largest absolute Gasteiger partial charge is 0.508 e. The van der Waals surface area contributed by atoms with E-state index in [0.29, 0.717) is 16.0 Å². The van der Waals surface area contributed by atoms with Gasteiger partial charge in [-0.3, -0.25) is 33.6 Å². The molecular weight excluding hydrogens is 805 g/mol. The fourth-order valence-electron chi connectivity index (χ4n) is 6.82. The number of aliphatic hydroxyl groups is 1. The van der Waals surface area contributed by atoms with Gasteiger partial charge in [-0.1, -0.05) is 24.3 Å². The Morgan fingerprint density at radius 1 is 1.05 bits per heavy atom. The summed E-state index contributed by atoms with van der Waals surface area (Å²) < 4.78 is 6.74. The van der Waals surface area contributed by atoms with Gasteiger partial charge >= 0.3 is 17.7 Å². The molecule has 20 nitrogen and oxygen atoms in total. The third-order valence-electron chi connectivity index (χ3n) is 10.3. The average molecular weight is 853 g/mol. The monoisotopic (exact) mass is 852 g/mol. The molecule has 6 unspecified atom stereocenters.